The Balaban J connectivity index is 2.42. The van der Waals surface area contributed by atoms with Crippen LogP contribution in [-0.2, 0) is 18.3 Å². The van der Waals surface area contributed by atoms with Crippen molar-refractivity contribution in [1.82, 2.24) is 14.7 Å². The predicted octanol–water partition coefficient (Wildman–Crippen LogP) is 1.66. The average molecular weight is 221 g/mol. The molecule has 0 saturated carbocycles. The van der Waals surface area contributed by atoms with E-state index in [4.69, 9.17) is 0 Å². The van der Waals surface area contributed by atoms with Crippen molar-refractivity contribution in [1.29, 1.82) is 0 Å². The fraction of sp³-hybridized carbons (Fsp3) is 0.667. The Morgan fingerprint density at radius 2 is 2.25 bits per heavy atom. The summed E-state index contributed by atoms with van der Waals surface area (Å²) in [5, 5.41) is 4.49. The number of aryl methyl sites for hydroxylation is 1. The molecule has 0 fully saturated rings. The Bertz CT molecular complexity index is 386. The van der Waals surface area contributed by atoms with Crippen molar-refractivity contribution >= 4 is 6.41 Å². The van der Waals surface area contributed by atoms with Gasteiger partial charge in [-0.3, -0.25) is 9.48 Å². The first-order valence-electron chi connectivity index (χ1n) is 5.96. The summed E-state index contributed by atoms with van der Waals surface area (Å²) in [4.78, 5) is 13.1. The van der Waals surface area contributed by atoms with Gasteiger partial charge in [-0.15, -0.1) is 0 Å². The summed E-state index contributed by atoms with van der Waals surface area (Å²) < 4.78 is 1.86. The first kappa shape index (κ1) is 11.2. The van der Waals surface area contributed by atoms with Crippen molar-refractivity contribution in [3.8, 4) is 0 Å². The van der Waals surface area contributed by atoms with Gasteiger partial charge in [0.05, 0.1) is 11.7 Å². The van der Waals surface area contributed by atoms with Gasteiger partial charge in [-0.2, -0.15) is 5.10 Å². The van der Waals surface area contributed by atoms with Gasteiger partial charge < -0.3 is 4.90 Å². The number of fused-ring (bicyclic) bond motifs is 1. The van der Waals surface area contributed by atoms with Gasteiger partial charge in [-0.05, 0) is 24.8 Å². The molecular formula is C12H19N3O. The van der Waals surface area contributed by atoms with Crippen LogP contribution in [0.3, 0.4) is 0 Å². The lowest BCUT2D eigenvalue weighted by Gasteiger charge is -2.38. The van der Waals surface area contributed by atoms with Crippen LogP contribution in [0.1, 0.15) is 44.0 Å². The molecule has 0 saturated heterocycles. The monoisotopic (exact) mass is 221 g/mol. The minimum Gasteiger partial charge on any atom is -0.333 e. The van der Waals surface area contributed by atoms with E-state index in [1.165, 1.54) is 5.56 Å². The maximum atomic E-state index is 11.2. The standard InChI is InChI=1S/C12H19N3O/c1-4-10-6-9-7-14(3)13-12(9)11(5-2)15(10)8-16/h7-8,10-11H,4-6H2,1-3H3. The van der Waals surface area contributed by atoms with E-state index < -0.39 is 0 Å². The van der Waals surface area contributed by atoms with E-state index in [2.05, 4.69) is 25.1 Å². The minimum atomic E-state index is 0.160. The van der Waals surface area contributed by atoms with E-state index >= 15 is 0 Å². The summed E-state index contributed by atoms with van der Waals surface area (Å²) in [6.07, 6.45) is 5.94. The summed E-state index contributed by atoms with van der Waals surface area (Å²) >= 11 is 0. The quantitative estimate of drug-likeness (QED) is 0.728. The normalized spacial score (nSPS) is 24.3. The molecular weight excluding hydrogens is 202 g/mol. The highest BCUT2D eigenvalue weighted by Gasteiger charge is 2.33. The van der Waals surface area contributed by atoms with Gasteiger partial charge in [0, 0.05) is 19.3 Å². The first-order chi connectivity index (χ1) is 7.71. The van der Waals surface area contributed by atoms with Crippen molar-refractivity contribution in [2.24, 2.45) is 7.05 Å². The highest BCUT2D eigenvalue weighted by atomic mass is 16.1. The maximum absolute atomic E-state index is 11.2. The Hall–Kier alpha value is -1.32. The van der Waals surface area contributed by atoms with Crippen LogP contribution < -0.4 is 0 Å². The number of carbonyl (C=O) groups is 1. The van der Waals surface area contributed by atoms with Crippen molar-refractivity contribution in [3.05, 3.63) is 17.5 Å². The molecule has 1 aliphatic heterocycles. The molecule has 4 heteroatoms. The molecule has 1 amide bonds. The maximum Gasteiger partial charge on any atom is 0.210 e. The van der Waals surface area contributed by atoms with Gasteiger partial charge >= 0.3 is 0 Å². The third kappa shape index (κ3) is 1.62. The lowest BCUT2D eigenvalue weighted by atomic mass is 9.92. The summed E-state index contributed by atoms with van der Waals surface area (Å²) in [7, 11) is 1.94. The topological polar surface area (TPSA) is 38.1 Å². The number of hydrogen-bond acceptors (Lipinski definition) is 2. The number of aromatic nitrogens is 2. The van der Waals surface area contributed by atoms with Crippen LogP contribution in [0.25, 0.3) is 0 Å². The van der Waals surface area contributed by atoms with Crippen molar-refractivity contribution in [2.75, 3.05) is 0 Å². The molecule has 16 heavy (non-hydrogen) atoms. The van der Waals surface area contributed by atoms with E-state index in [-0.39, 0.29) is 6.04 Å². The van der Waals surface area contributed by atoms with Crippen LogP contribution in [0.4, 0.5) is 0 Å². The molecule has 2 rings (SSSR count). The molecule has 1 aliphatic rings. The fourth-order valence-corrected chi connectivity index (χ4v) is 2.67. The average Bonchev–Trinajstić information content (AvgIpc) is 2.66. The predicted molar refractivity (Wildman–Crippen MR) is 61.9 cm³/mol. The van der Waals surface area contributed by atoms with E-state index in [1.54, 1.807) is 0 Å². The summed E-state index contributed by atoms with van der Waals surface area (Å²) in [6.45, 7) is 4.24. The Labute approximate surface area is 96.2 Å². The molecule has 88 valence electrons. The zero-order valence-electron chi connectivity index (χ0n) is 10.2. The van der Waals surface area contributed by atoms with Gasteiger partial charge in [0.25, 0.3) is 0 Å². The third-order valence-electron chi connectivity index (χ3n) is 3.47. The Morgan fingerprint density at radius 1 is 1.50 bits per heavy atom. The second-order valence-electron chi connectivity index (χ2n) is 4.46. The van der Waals surface area contributed by atoms with Gasteiger partial charge in [0.15, 0.2) is 0 Å². The Morgan fingerprint density at radius 3 is 2.81 bits per heavy atom. The second kappa shape index (κ2) is 4.28. The SMILES string of the molecule is CCC1Cc2cn(C)nc2C(CC)N1C=O. The van der Waals surface area contributed by atoms with E-state index in [9.17, 15) is 4.79 Å². The van der Waals surface area contributed by atoms with E-state index in [0.29, 0.717) is 6.04 Å². The van der Waals surface area contributed by atoms with Crippen molar-refractivity contribution in [2.45, 2.75) is 45.2 Å². The molecule has 2 atom stereocenters. The lowest BCUT2D eigenvalue weighted by Crippen LogP contribution is -2.42. The summed E-state index contributed by atoms with van der Waals surface area (Å²) in [5.74, 6) is 0. The van der Waals surface area contributed by atoms with Gasteiger partial charge in [-0.25, -0.2) is 0 Å². The van der Waals surface area contributed by atoms with Crippen LogP contribution in [0.5, 0.6) is 0 Å². The van der Waals surface area contributed by atoms with Crippen LogP contribution in [-0.4, -0.2) is 27.1 Å². The van der Waals surface area contributed by atoms with Crippen LogP contribution >= 0.6 is 0 Å². The highest BCUT2D eigenvalue weighted by Crippen LogP contribution is 2.33. The number of carbonyl (C=O) groups excluding carboxylic acids is 1. The second-order valence-corrected chi connectivity index (χ2v) is 4.46. The first-order valence-corrected chi connectivity index (χ1v) is 5.96. The smallest absolute Gasteiger partial charge is 0.210 e. The number of nitrogens with zero attached hydrogens (tertiary/aromatic N) is 3. The Kier molecular flexibility index (Phi) is 2.99. The van der Waals surface area contributed by atoms with E-state index in [1.807, 2.05) is 16.6 Å². The van der Waals surface area contributed by atoms with Crippen LogP contribution in [0.15, 0.2) is 6.20 Å². The number of hydrogen-bond donors (Lipinski definition) is 0. The largest absolute Gasteiger partial charge is 0.333 e. The molecule has 0 N–H and O–H groups in total. The van der Waals surface area contributed by atoms with Gasteiger partial charge in [0.1, 0.15) is 0 Å². The van der Waals surface area contributed by atoms with Crippen molar-refractivity contribution in [3.63, 3.8) is 0 Å². The minimum absolute atomic E-state index is 0.160. The van der Waals surface area contributed by atoms with Crippen molar-refractivity contribution < 1.29 is 4.79 Å². The fourth-order valence-electron chi connectivity index (χ4n) is 2.67. The number of amides is 1. The van der Waals surface area contributed by atoms with Crippen LogP contribution in [0, 0.1) is 0 Å². The molecule has 2 unspecified atom stereocenters. The molecule has 0 bridgehead atoms. The molecule has 1 aromatic rings. The molecule has 4 nitrogen and oxygen atoms in total. The van der Waals surface area contributed by atoms with Gasteiger partial charge in [0.2, 0.25) is 6.41 Å². The molecule has 2 heterocycles. The zero-order valence-corrected chi connectivity index (χ0v) is 10.2. The molecule has 0 spiro atoms. The summed E-state index contributed by atoms with van der Waals surface area (Å²) in [5.41, 5.74) is 2.39. The zero-order chi connectivity index (χ0) is 11.7. The molecule has 1 aromatic heterocycles. The van der Waals surface area contributed by atoms with Crippen LogP contribution in [0.2, 0.25) is 0 Å². The molecule has 0 radical (unpaired) electrons. The molecule has 0 aliphatic carbocycles. The molecule has 0 aromatic carbocycles. The third-order valence-corrected chi connectivity index (χ3v) is 3.47. The van der Waals surface area contributed by atoms with Gasteiger partial charge in [-0.1, -0.05) is 13.8 Å². The highest BCUT2D eigenvalue weighted by molar-refractivity contribution is 5.51. The van der Waals surface area contributed by atoms with E-state index in [0.717, 1.165) is 31.4 Å². The lowest BCUT2D eigenvalue weighted by molar-refractivity contribution is -0.123. The summed E-state index contributed by atoms with van der Waals surface area (Å²) in [6, 6.07) is 0.492. The number of rotatable bonds is 3.